The van der Waals surface area contributed by atoms with E-state index in [1.54, 1.807) is 6.92 Å². The zero-order valence-corrected chi connectivity index (χ0v) is 4.50. The molecule has 0 radical (unpaired) electrons. The molecule has 0 aromatic heterocycles. The van der Waals surface area contributed by atoms with Gasteiger partial charge in [-0.15, -0.1) is 0 Å². The van der Waals surface area contributed by atoms with Gasteiger partial charge in [-0.2, -0.15) is 0 Å². The van der Waals surface area contributed by atoms with Gasteiger partial charge in [-0.25, -0.2) is 0 Å². The number of hydrogen-bond donors (Lipinski definition) is 2. The molecule has 1 fully saturated rings. The molecule has 1 aliphatic heterocycles. The van der Waals surface area contributed by atoms with Crippen molar-refractivity contribution in [2.75, 3.05) is 6.61 Å². The lowest BCUT2D eigenvalue weighted by Crippen LogP contribution is -2.13. The molecule has 1 rings (SSSR count). The molecule has 8 heavy (non-hydrogen) atoms. The van der Waals surface area contributed by atoms with Crippen molar-refractivity contribution < 1.29 is 19.7 Å². The third-order valence-corrected chi connectivity index (χ3v) is 0.848. The van der Waals surface area contributed by atoms with E-state index in [1.807, 2.05) is 0 Å². The summed E-state index contributed by atoms with van der Waals surface area (Å²) in [6, 6.07) is 0. The summed E-state index contributed by atoms with van der Waals surface area (Å²) in [6.45, 7) is 2.17. The van der Waals surface area contributed by atoms with Gasteiger partial charge in [0.05, 0.1) is 0 Å². The first-order chi connectivity index (χ1) is 3.67. The van der Waals surface area contributed by atoms with Crippen LogP contribution in [0.2, 0.25) is 0 Å². The third kappa shape index (κ3) is 0.976. The minimum absolute atomic E-state index is 0.424. The molecule has 0 amide bonds. The molecule has 1 saturated heterocycles. The van der Waals surface area contributed by atoms with Crippen LogP contribution >= 0.6 is 0 Å². The molecule has 0 aliphatic carbocycles. The average Bonchev–Trinajstić information content (AvgIpc) is 2.15. The van der Waals surface area contributed by atoms with Crippen molar-refractivity contribution in [2.45, 2.75) is 19.2 Å². The molecule has 1 unspecified atom stereocenters. The summed E-state index contributed by atoms with van der Waals surface area (Å²) in [4.78, 5) is 0. The Morgan fingerprint density at radius 3 is 2.38 bits per heavy atom. The van der Waals surface area contributed by atoms with Crippen molar-refractivity contribution >= 4 is 0 Å². The van der Waals surface area contributed by atoms with Crippen molar-refractivity contribution in [1.82, 2.24) is 0 Å². The molecule has 0 bridgehead atoms. The Morgan fingerprint density at radius 1 is 1.75 bits per heavy atom. The largest absolute Gasteiger partial charge is 0.346 e. The first kappa shape index (κ1) is 5.97. The van der Waals surface area contributed by atoms with E-state index in [-0.39, 0.29) is 0 Å². The molecular formula is C4H8O4. The Balaban J connectivity index is 2.17. The maximum atomic E-state index is 8.43. The second-order valence-electron chi connectivity index (χ2n) is 1.56. The maximum absolute atomic E-state index is 8.43. The van der Waals surface area contributed by atoms with Crippen molar-refractivity contribution in [3.05, 3.63) is 0 Å². The number of epoxide rings is 1. The molecular weight excluding hydrogens is 112 g/mol. The standard InChI is InChI=1S/C4H8O4/c1-2-7-3-4(5,6)8-3/h3,5-6H,2H2,1H3. The Morgan fingerprint density at radius 2 is 2.25 bits per heavy atom. The zero-order chi connectivity index (χ0) is 6.20. The Labute approximate surface area is 46.6 Å². The molecule has 4 heteroatoms. The quantitative estimate of drug-likeness (QED) is 0.363. The summed E-state index contributed by atoms with van der Waals surface area (Å²) in [5.74, 6) is -2.00. The van der Waals surface area contributed by atoms with Crippen molar-refractivity contribution in [3.63, 3.8) is 0 Å². The van der Waals surface area contributed by atoms with Gasteiger partial charge in [0.25, 0.3) is 0 Å². The normalized spacial score (nSPS) is 32.6. The second kappa shape index (κ2) is 1.66. The summed E-state index contributed by atoms with van der Waals surface area (Å²) >= 11 is 0. The Kier molecular flexibility index (Phi) is 1.24. The van der Waals surface area contributed by atoms with E-state index in [1.165, 1.54) is 0 Å². The van der Waals surface area contributed by atoms with E-state index in [9.17, 15) is 0 Å². The predicted molar refractivity (Wildman–Crippen MR) is 23.7 cm³/mol. The van der Waals surface area contributed by atoms with Crippen LogP contribution in [0, 0.1) is 0 Å². The molecule has 0 aromatic rings. The molecule has 0 saturated carbocycles. The molecule has 1 heterocycles. The van der Waals surface area contributed by atoms with Crippen LogP contribution in [-0.2, 0) is 9.47 Å². The second-order valence-corrected chi connectivity index (χ2v) is 1.56. The third-order valence-electron chi connectivity index (χ3n) is 0.848. The van der Waals surface area contributed by atoms with Crippen LogP contribution in [0.25, 0.3) is 0 Å². The number of ether oxygens (including phenoxy) is 2. The van der Waals surface area contributed by atoms with Crippen LogP contribution in [0.3, 0.4) is 0 Å². The average molecular weight is 120 g/mol. The van der Waals surface area contributed by atoms with Crippen LogP contribution in [0.4, 0.5) is 0 Å². The molecule has 1 atom stereocenters. The summed E-state index contributed by atoms with van der Waals surface area (Å²) < 4.78 is 8.88. The van der Waals surface area contributed by atoms with Gasteiger partial charge in [-0.1, -0.05) is 0 Å². The molecule has 1 aliphatic rings. The van der Waals surface area contributed by atoms with E-state index < -0.39 is 12.3 Å². The Bertz CT molecular complexity index is 90.0. The number of hydrogen-bond acceptors (Lipinski definition) is 4. The fourth-order valence-electron chi connectivity index (χ4n) is 0.417. The van der Waals surface area contributed by atoms with Crippen LogP contribution < -0.4 is 0 Å². The molecule has 48 valence electrons. The van der Waals surface area contributed by atoms with Gasteiger partial charge >= 0.3 is 5.97 Å². The highest BCUT2D eigenvalue weighted by atomic mass is 16.9. The smallest absolute Gasteiger partial charge is 0.335 e. The van der Waals surface area contributed by atoms with Crippen molar-refractivity contribution in [1.29, 1.82) is 0 Å². The highest BCUT2D eigenvalue weighted by molar-refractivity contribution is 4.71. The van der Waals surface area contributed by atoms with E-state index >= 15 is 0 Å². The lowest BCUT2D eigenvalue weighted by atomic mass is 10.7. The van der Waals surface area contributed by atoms with Gasteiger partial charge in [-0.05, 0) is 6.92 Å². The van der Waals surface area contributed by atoms with Gasteiger partial charge in [0.2, 0.25) is 6.29 Å². The maximum Gasteiger partial charge on any atom is 0.335 e. The highest BCUT2D eigenvalue weighted by Crippen LogP contribution is 2.30. The molecule has 0 aromatic carbocycles. The summed E-state index contributed by atoms with van der Waals surface area (Å²) in [5, 5.41) is 16.9. The lowest BCUT2D eigenvalue weighted by Gasteiger charge is -1.92. The molecule has 2 N–H and O–H groups in total. The van der Waals surface area contributed by atoms with Crippen molar-refractivity contribution in [2.24, 2.45) is 0 Å². The molecule has 0 spiro atoms. The highest BCUT2D eigenvalue weighted by Gasteiger charge is 2.56. The van der Waals surface area contributed by atoms with Gasteiger partial charge in [0.15, 0.2) is 0 Å². The number of rotatable bonds is 2. The van der Waals surface area contributed by atoms with E-state index in [0.29, 0.717) is 6.61 Å². The number of aliphatic hydroxyl groups is 2. The fourth-order valence-corrected chi connectivity index (χ4v) is 0.417. The SMILES string of the molecule is CCOC1OC1(O)O. The fraction of sp³-hybridized carbons (Fsp3) is 1.00. The van der Waals surface area contributed by atoms with Gasteiger partial charge in [0, 0.05) is 6.61 Å². The van der Waals surface area contributed by atoms with E-state index in [0.717, 1.165) is 0 Å². The minimum atomic E-state index is -2.00. The van der Waals surface area contributed by atoms with Crippen molar-refractivity contribution in [3.8, 4) is 0 Å². The monoisotopic (exact) mass is 120 g/mol. The van der Waals surface area contributed by atoms with Crippen LogP contribution in [-0.4, -0.2) is 29.1 Å². The zero-order valence-electron chi connectivity index (χ0n) is 4.50. The van der Waals surface area contributed by atoms with E-state index in [4.69, 9.17) is 10.2 Å². The first-order valence-electron chi connectivity index (χ1n) is 2.41. The summed E-state index contributed by atoms with van der Waals surface area (Å²) in [5.41, 5.74) is 0. The van der Waals surface area contributed by atoms with E-state index in [2.05, 4.69) is 9.47 Å². The topological polar surface area (TPSA) is 62.2 Å². The van der Waals surface area contributed by atoms with Crippen LogP contribution in [0.5, 0.6) is 0 Å². The Hall–Kier alpha value is -0.160. The molecule has 4 nitrogen and oxygen atoms in total. The van der Waals surface area contributed by atoms with Gasteiger partial charge in [-0.3, -0.25) is 4.74 Å². The van der Waals surface area contributed by atoms with Gasteiger partial charge in [0.1, 0.15) is 0 Å². The van der Waals surface area contributed by atoms with Gasteiger partial charge < -0.3 is 14.9 Å². The lowest BCUT2D eigenvalue weighted by molar-refractivity contribution is -0.155. The predicted octanol–water partition coefficient (Wildman–Crippen LogP) is -0.982. The van der Waals surface area contributed by atoms with Crippen LogP contribution in [0.15, 0.2) is 0 Å². The minimum Gasteiger partial charge on any atom is -0.346 e. The van der Waals surface area contributed by atoms with Crippen LogP contribution in [0.1, 0.15) is 6.92 Å². The first-order valence-corrected chi connectivity index (χ1v) is 2.41. The summed E-state index contributed by atoms with van der Waals surface area (Å²) in [6.07, 6.45) is -0.826. The summed E-state index contributed by atoms with van der Waals surface area (Å²) in [7, 11) is 0.